The van der Waals surface area contributed by atoms with E-state index in [1.165, 1.54) is 7.11 Å². The van der Waals surface area contributed by atoms with Crippen LogP contribution in [0.25, 0.3) is 0 Å². The zero-order valence-electron chi connectivity index (χ0n) is 10.9. The van der Waals surface area contributed by atoms with Crippen LogP contribution in [-0.4, -0.2) is 29.9 Å². The van der Waals surface area contributed by atoms with Crippen molar-refractivity contribution in [3.05, 3.63) is 0 Å². The first-order valence-corrected chi connectivity index (χ1v) is 5.92. The minimum atomic E-state index is -1.11. The molecule has 1 aliphatic carbocycles. The highest BCUT2D eigenvalue weighted by Crippen LogP contribution is 2.49. The zero-order chi connectivity index (χ0) is 12.9. The summed E-state index contributed by atoms with van der Waals surface area (Å²) in [6.07, 6.45) is 2.12. The Labute approximate surface area is 101 Å². The zero-order valence-corrected chi connectivity index (χ0v) is 10.9. The van der Waals surface area contributed by atoms with Crippen molar-refractivity contribution in [1.82, 2.24) is 0 Å². The molecule has 2 rings (SSSR count). The maximum absolute atomic E-state index is 12.0. The summed E-state index contributed by atoms with van der Waals surface area (Å²) in [5, 5.41) is 4.10. The van der Waals surface area contributed by atoms with Gasteiger partial charge in [-0.05, 0) is 12.8 Å². The quantitative estimate of drug-likeness (QED) is 0.699. The minimum Gasteiger partial charge on any atom is -0.466 e. The molecule has 2 N–H and O–H groups in total. The molecule has 0 aromatic carbocycles. The predicted octanol–water partition coefficient (Wildman–Crippen LogP) is 1.21. The molecule has 5 heteroatoms. The van der Waals surface area contributed by atoms with Gasteiger partial charge in [0.15, 0.2) is 0 Å². The fourth-order valence-electron chi connectivity index (χ4n) is 2.98. The highest BCUT2D eigenvalue weighted by atomic mass is 16.7. The molecule has 2 atom stereocenters. The molecule has 1 fully saturated rings. The largest absolute Gasteiger partial charge is 0.466 e. The van der Waals surface area contributed by atoms with E-state index in [9.17, 15) is 4.79 Å². The van der Waals surface area contributed by atoms with Gasteiger partial charge in [-0.15, -0.1) is 0 Å². The molecule has 2 unspecified atom stereocenters. The van der Waals surface area contributed by atoms with Crippen molar-refractivity contribution in [3.8, 4) is 0 Å². The smallest absolute Gasteiger partial charge is 0.355 e. The normalized spacial score (nSPS) is 36.2. The number of rotatable bonds is 1. The molecule has 1 heterocycles. The number of esters is 1. The van der Waals surface area contributed by atoms with E-state index in [2.05, 4.69) is 5.16 Å². The van der Waals surface area contributed by atoms with Crippen LogP contribution in [0.5, 0.6) is 0 Å². The van der Waals surface area contributed by atoms with E-state index < -0.39 is 17.1 Å². The number of nitrogens with two attached hydrogens (primary N) is 1. The first kappa shape index (κ1) is 12.4. The van der Waals surface area contributed by atoms with E-state index in [0.29, 0.717) is 12.8 Å². The Balaban J connectivity index is 2.45. The van der Waals surface area contributed by atoms with Gasteiger partial charge < -0.3 is 15.3 Å². The summed E-state index contributed by atoms with van der Waals surface area (Å²) in [6, 6.07) is 0. The maximum atomic E-state index is 12.0. The van der Waals surface area contributed by atoms with Gasteiger partial charge in [0.05, 0.1) is 12.8 Å². The SMILES string of the molecule is COC(=O)C12CCCC1(N)C(C(C)(C)C)=NO2. The van der Waals surface area contributed by atoms with Crippen LogP contribution in [-0.2, 0) is 14.4 Å². The second kappa shape index (κ2) is 3.45. The topological polar surface area (TPSA) is 73.9 Å². The fraction of sp³-hybridized carbons (Fsp3) is 0.833. The molecule has 2 aliphatic rings. The van der Waals surface area contributed by atoms with Crippen LogP contribution < -0.4 is 5.73 Å². The van der Waals surface area contributed by atoms with Crippen molar-refractivity contribution in [1.29, 1.82) is 0 Å². The van der Waals surface area contributed by atoms with E-state index in [1.54, 1.807) is 0 Å². The molecule has 96 valence electrons. The Kier molecular flexibility index (Phi) is 2.51. The number of fused-ring (bicyclic) bond motifs is 1. The van der Waals surface area contributed by atoms with Crippen molar-refractivity contribution in [3.63, 3.8) is 0 Å². The van der Waals surface area contributed by atoms with Gasteiger partial charge >= 0.3 is 5.97 Å². The van der Waals surface area contributed by atoms with Gasteiger partial charge in [0.2, 0.25) is 0 Å². The van der Waals surface area contributed by atoms with Crippen molar-refractivity contribution in [2.24, 2.45) is 16.3 Å². The summed E-state index contributed by atoms with van der Waals surface area (Å²) in [4.78, 5) is 17.4. The van der Waals surface area contributed by atoms with Gasteiger partial charge in [0.25, 0.3) is 5.60 Å². The lowest BCUT2D eigenvalue weighted by Gasteiger charge is -2.36. The Morgan fingerprint density at radius 1 is 1.47 bits per heavy atom. The molecule has 1 aliphatic heterocycles. The molecule has 0 aromatic heterocycles. The van der Waals surface area contributed by atoms with Crippen LogP contribution in [0.3, 0.4) is 0 Å². The number of oxime groups is 1. The van der Waals surface area contributed by atoms with Crippen LogP contribution in [0, 0.1) is 5.41 Å². The molecular formula is C12H20N2O3. The highest BCUT2D eigenvalue weighted by molar-refractivity contribution is 6.05. The van der Waals surface area contributed by atoms with E-state index in [0.717, 1.165) is 12.1 Å². The highest BCUT2D eigenvalue weighted by Gasteiger charge is 2.68. The van der Waals surface area contributed by atoms with Gasteiger partial charge in [0, 0.05) is 11.8 Å². The molecule has 17 heavy (non-hydrogen) atoms. The molecule has 0 saturated heterocycles. The maximum Gasteiger partial charge on any atom is 0.355 e. The van der Waals surface area contributed by atoms with Gasteiger partial charge in [-0.2, -0.15) is 0 Å². The summed E-state index contributed by atoms with van der Waals surface area (Å²) in [5.74, 6) is -0.416. The molecule has 0 amide bonds. The predicted molar refractivity (Wildman–Crippen MR) is 63.5 cm³/mol. The molecular weight excluding hydrogens is 220 g/mol. The van der Waals surface area contributed by atoms with Gasteiger partial charge in [0.1, 0.15) is 5.54 Å². The van der Waals surface area contributed by atoms with Crippen LogP contribution in [0.1, 0.15) is 40.0 Å². The summed E-state index contributed by atoms with van der Waals surface area (Å²) >= 11 is 0. The molecule has 0 spiro atoms. The second-order valence-electron chi connectivity index (χ2n) is 5.92. The number of ether oxygens (including phenoxy) is 1. The number of carbonyl (C=O) groups is 1. The number of nitrogens with zero attached hydrogens (tertiary/aromatic N) is 1. The van der Waals surface area contributed by atoms with Crippen molar-refractivity contribution in [2.45, 2.75) is 51.2 Å². The van der Waals surface area contributed by atoms with Gasteiger partial charge in [-0.3, -0.25) is 0 Å². The van der Waals surface area contributed by atoms with Crippen LogP contribution in [0.2, 0.25) is 0 Å². The monoisotopic (exact) mass is 240 g/mol. The first-order valence-electron chi connectivity index (χ1n) is 5.92. The van der Waals surface area contributed by atoms with Crippen molar-refractivity contribution < 1.29 is 14.4 Å². The Morgan fingerprint density at radius 3 is 2.65 bits per heavy atom. The number of hydrogen-bond acceptors (Lipinski definition) is 5. The Hall–Kier alpha value is -1.10. The van der Waals surface area contributed by atoms with Crippen LogP contribution in [0.15, 0.2) is 5.16 Å². The minimum absolute atomic E-state index is 0.213. The van der Waals surface area contributed by atoms with E-state index in [1.807, 2.05) is 20.8 Å². The van der Waals surface area contributed by atoms with Crippen LogP contribution >= 0.6 is 0 Å². The van der Waals surface area contributed by atoms with Crippen molar-refractivity contribution in [2.75, 3.05) is 7.11 Å². The summed E-state index contributed by atoms with van der Waals surface area (Å²) in [5.41, 5.74) is 5.07. The third-order valence-corrected chi connectivity index (χ3v) is 3.76. The number of carbonyl (C=O) groups excluding carboxylic acids is 1. The summed E-state index contributed by atoms with van der Waals surface area (Å²) < 4.78 is 4.85. The number of methoxy groups -OCH3 is 1. The molecule has 1 saturated carbocycles. The molecule has 0 bridgehead atoms. The summed E-state index contributed by atoms with van der Waals surface area (Å²) in [7, 11) is 1.36. The molecule has 5 nitrogen and oxygen atoms in total. The lowest BCUT2D eigenvalue weighted by molar-refractivity contribution is -0.169. The summed E-state index contributed by atoms with van der Waals surface area (Å²) in [6.45, 7) is 6.07. The Bertz CT molecular complexity index is 386. The Morgan fingerprint density at radius 2 is 2.12 bits per heavy atom. The lowest BCUT2D eigenvalue weighted by atomic mass is 9.71. The first-order chi connectivity index (χ1) is 7.78. The van der Waals surface area contributed by atoms with E-state index >= 15 is 0 Å². The molecule has 0 radical (unpaired) electrons. The van der Waals surface area contributed by atoms with Crippen LogP contribution in [0.4, 0.5) is 0 Å². The van der Waals surface area contributed by atoms with Crippen molar-refractivity contribution >= 4 is 11.7 Å². The standard InChI is InChI=1S/C12H20N2O3/c1-10(2,3)8-11(13)6-5-7-12(11,17-14-8)9(15)16-4/h5-7,13H2,1-4H3. The number of hydrogen-bond donors (Lipinski definition) is 1. The fourth-order valence-corrected chi connectivity index (χ4v) is 2.98. The van der Waals surface area contributed by atoms with Gasteiger partial charge in [-0.1, -0.05) is 25.9 Å². The second-order valence-corrected chi connectivity index (χ2v) is 5.92. The van der Waals surface area contributed by atoms with E-state index in [-0.39, 0.29) is 5.41 Å². The third-order valence-electron chi connectivity index (χ3n) is 3.76. The lowest BCUT2D eigenvalue weighted by Crippen LogP contribution is -2.65. The van der Waals surface area contributed by atoms with E-state index in [4.69, 9.17) is 15.3 Å². The third kappa shape index (κ3) is 1.41. The average Bonchev–Trinajstić information content (AvgIpc) is 2.67. The average molecular weight is 240 g/mol. The molecule has 0 aromatic rings. The van der Waals surface area contributed by atoms with Gasteiger partial charge in [-0.25, -0.2) is 4.79 Å².